The van der Waals surface area contributed by atoms with Crippen LogP contribution >= 0.6 is 22.7 Å². The van der Waals surface area contributed by atoms with Crippen molar-refractivity contribution in [3.05, 3.63) is 59.0 Å². The Balaban J connectivity index is 1.42. The van der Waals surface area contributed by atoms with E-state index in [9.17, 15) is 4.79 Å². The van der Waals surface area contributed by atoms with Crippen molar-refractivity contribution in [2.24, 2.45) is 0 Å². The first-order valence-corrected chi connectivity index (χ1v) is 12.0. The molecule has 0 saturated heterocycles. The molecule has 6 nitrogen and oxygen atoms in total. The second kappa shape index (κ2) is 8.90. The van der Waals surface area contributed by atoms with E-state index in [2.05, 4.69) is 23.3 Å². The zero-order valence-corrected chi connectivity index (χ0v) is 19.5. The van der Waals surface area contributed by atoms with E-state index in [4.69, 9.17) is 14.5 Å². The lowest BCUT2D eigenvalue weighted by Gasteiger charge is -2.22. The van der Waals surface area contributed by atoms with Crippen molar-refractivity contribution < 1.29 is 14.3 Å². The van der Waals surface area contributed by atoms with Gasteiger partial charge in [-0.3, -0.25) is 4.79 Å². The Bertz CT molecular complexity index is 1250. The molecule has 2 aromatic heterocycles. The quantitative estimate of drug-likeness (QED) is 0.432. The zero-order valence-electron chi connectivity index (χ0n) is 17.9. The number of rotatable bonds is 6. The number of amides is 1. The Morgan fingerprint density at radius 2 is 2.00 bits per heavy atom. The third-order valence-electron chi connectivity index (χ3n) is 5.42. The third-order valence-corrected chi connectivity index (χ3v) is 7.61. The van der Waals surface area contributed by atoms with E-state index in [1.54, 1.807) is 35.8 Å². The number of ether oxygens (including phenoxy) is 2. The minimum atomic E-state index is -0.192. The molecule has 32 heavy (non-hydrogen) atoms. The molecule has 4 aromatic rings. The Morgan fingerprint density at radius 1 is 1.16 bits per heavy atom. The largest absolute Gasteiger partial charge is 0.497 e. The normalized spacial score (nSPS) is 13.7. The second-order valence-electron chi connectivity index (χ2n) is 7.70. The van der Waals surface area contributed by atoms with Gasteiger partial charge < -0.3 is 19.7 Å². The Morgan fingerprint density at radius 3 is 2.84 bits per heavy atom. The number of carbonyl (C=O) groups excluding carboxylic acids is 1. The average Bonchev–Trinajstić information content (AvgIpc) is 3.37. The molecule has 1 amide bonds. The summed E-state index contributed by atoms with van der Waals surface area (Å²) in [6.07, 6.45) is 0.948. The molecule has 1 aliphatic rings. The highest BCUT2D eigenvalue weighted by atomic mass is 32.1. The number of fused-ring (bicyclic) bond motifs is 2. The van der Waals surface area contributed by atoms with Crippen molar-refractivity contribution in [3.8, 4) is 22.1 Å². The van der Waals surface area contributed by atoms with Gasteiger partial charge in [-0.15, -0.1) is 22.7 Å². The van der Waals surface area contributed by atoms with E-state index < -0.39 is 0 Å². The summed E-state index contributed by atoms with van der Waals surface area (Å²) in [4.78, 5) is 21.3. The average molecular weight is 466 g/mol. The fourth-order valence-electron chi connectivity index (χ4n) is 3.83. The van der Waals surface area contributed by atoms with E-state index in [-0.39, 0.29) is 12.5 Å². The maximum Gasteiger partial charge on any atom is 0.262 e. The van der Waals surface area contributed by atoms with Gasteiger partial charge in [0.25, 0.3) is 5.91 Å². The molecule has 2 aromatic carbocycles. The molecule has 8 heteroatoms. The number of aromatic nitrogens is 1. The van der Waals surface area contributed by atoms with E-state index in [0.717, 1.165) is 45.3 Å². The Labute approximate surface area is 194 Å². The minimum absolute atomic E-state index is 0.0745. The molecular weight excluding hydrogens is 442 g/mol. The number of nitrogens with zero attached hydrogens (tertiary/aromatic N) is 2. The monoisotopic (exact) mass is 465 g/mol. The number of nitrogens with one attached hydrogen (secondary N) is 1. The van der Waals surface area contributed by atoms with Gasteiger partial charge in [-0.1, -0.05) is 18.2 Å². The molecule has 5 rings (SSSR count). The highest BCUT2D eigenvalue weighted by molar-refractivity contribution is 7.22. The molecular formula is C24H23N3O3S2. The van der Waals surface area contributed by atoms with Gasteiger partial charge in [0.2, 0.25) is 0 Å². The topological polar surface area (TPSA) is 63.7 Å². The number of hydrogen-bond acceptors (Lipinski definition) is 7. The van der Waals surface area contributed by atoms with Crippen molar-refractivity contribution in [1.29, 1.82) is 0 Å². The molecule has 0 radical (unpaired) electrons. The molecule has 0 fully saturated rings. The molecule has 0 unspecified atom stereocenters. The fraction of sp³-hybridized carbons (Fsp3) is 0.250. The number of hydrogen-bond donors (Lipinski definition) is 1. The molecule has 0 spiro atoms. The van der Waals surface area contributed by atoms with Gasteiger partial charge in [-0.2, -0.15) is 0 Å². The van der Waals surface area contributed by atoms with Crippen LogP contribution in [-0.2, 0) is 17.8 Å². The van der Waals surface area contributed by atoms with Crippen LogP contribution in [0.4, 0.5) is 5.00 Å². The predicted molar refractivity (Wildman–Crippen MR) is 130 cm³/mol. The molecule has 0 aliphatic carbocycles. The van der Waals surface area contributed by atoms with Gasteiger partial charge >= 0.3 is 0 Å². The first kappa shape index (κ1) is 20.9. The van der Waals surface area contributed by atoms with Gasteiger partial charge in [0, 0.05) is 29.6 Å². The second-order valence-corrected chi connectivity index (χ2v) is 9.83. The van der Waals surface area contributed by atoms with Crippen molar-refractivity contribution >= 4 is 43.8 Å². The first-order chi connectivity index (χ1) is 15.6. The van der Waals surface area contributed by atoms with Crippen LogP contribution in [-0.4, -0.2) is 43.1 Å². The zero-order chi connectivity index (χ0) is 22.1. The number of anilines is 1. The summed E-state index contributed by atoms with van der Waals surface area (Å²) in [7, 11) is 3.73. The predicted octanol–water partition coefficient (Wildman–Crippen LogP) is 5.04. The van der Waals surface area contributed by atoms with Crippen LogP contribution in [0.1, 0.15) is 10.4 Å². The number of thiazole rings is 1. The molecule has 0 atom stereocenters. The number of methoxy groups -OCH3 is 1. The van der Waals surface area contributed by atoms with Gasteiger partial charge in [-0.25, -0.2) is 4.98 Å². The molecule has 0 saturated carbocycles. The van der Waals surface area contributed by atoms with Crippen molar-refractivity contribution in [1.82, 2.24) is 9.88 Å². The van der Waals surface area contributed by atoms with Crippen molar-refractivity contribution in [2.75, 3.05) is 32.6 Å². The summed E-state index contributed by atoms with van der Waals surface area (Å²) in [5.41, 5.74) is 3.35. The molecule has 0 bridgehead atoms. The van der Waals surface area contributed by atoms with Crippen LogP contribution in [0.15, 0.2) is 48.5 Å². The van der Waals surface area contributed by atoms with E-state index in [1.807, 2.05) is 36.4 Å². The lowest BCUT2D eigenvalue weighted by molar-refractivity contribution is -0.118. The standard InChI is InChI=1S/C24H23N3O3S2/c1-27-11-10-17-20(13-27)32-24(22(17)23-25-18-8-3-4-9-19(18)31-23)26-21(28)14-30-16-7-5-6-15(12-16)29-2/h3-9,12H,10-11,13-14H2,1-2H3,(H,26,28). The summed E-state index contributed by atoms with van der Waals surface area (Å²) in [5.74, 6) is 1.09. The maximum atomic E-state index is 12.8. The van der Waals surface area contributed by atoms with Crippen LogP contribution in [0.3, 0.4) is 0 Å². The van der Waals surface area contributed by atoms with Gasteiger partial charge in [0.1, 0.15) is 21.5 Å². The maximum absolute atomic E-state index is 12.8. The van der Waals surface area contributed by atoms with Crippen LogP contribution in [0, 0.1) is 0 Å². The lowest BCUT2D eigenvalue weighted by Crippen LogP contribution is -2.25. The number of likely N-dealkylation sites (N-methyl/N-ethyl adjacent to an activating group) is 1. The molecule has 164 valence electrons. The Hall–Kier alpha value is -2.94. The molecule has 1 aliphatic heterocycles. The smallest absolute Gasteiger partial charge is 0.262 e. The third kappa shape index (κ3) is 4.21. The Kier molecular flexibility index (Phi) is 5.82. The number of para-hydroxylation sites is 1. The SMILES string of the molecule is COc1cccc(OCC(=O)Nc2sc3c(c2-c2nc4ccccc4s2)CCN(C)C3)c1. The van der Waals surface area contributed by atoms with E-state index in [1.165, 1.54) is 10.4 Å². The van der Waals surface area contributed by atoms with Gasteiger partial charge in [-0.05, 0) is 43.3 Å². The van der Waals surface area contributed by atoms with Crippen LogP contribution in [0.5, 0.6) is 11.5 Å². The first-order valence-electron chi connectivity index (χ1n) is 10.4. The van der Waals surface area contributed by atoms with Crippen molar-refractivity contribution in [3.63, 3.8) is 0 Å². The highest BCUT2D eigenvalue weighted by Gasteiger charge is 2.26. The summed E-state index contributed by atoms with van der Waals surface area (Å²) in [5, 5.41) is 4.90. The van der Waals surface area contributed by atoms with E-state index in [0.29, 0.717) is 11.5 Å². The fourth-order valence-corrected chi connectivity index (χ4v) is 6.28. The van der Waals surface area contributed by atoms with Gasteiger partial charge in [0.15, 0.2) is 6.61 Å². The van der Waals surface area contributed by atoms with E-state index >= 15 is 0 Å². The molecule has 1 N–H and O–H groups in total. The van der Waals surface area contributed by atoms with Crippen LogP contribution < -0.4 is 14.8 Å². The summed E-state index contributed by atoms with van der Waals surface area (Å²) >= 11 is 3.31. The van der Waals surface area contributed by atoms with Crippen LogP contribution in [0.25, 0.3) is 20.8 Å². The number of thiophene rings is 1. The number of carbonyl (C=O) groups is 1. The summed E-state index contributed by atoms with van der Waals surface area (Å²) < 4.78 is 12.0. The minimum Gasteiger partial charge on any atom is -0.497 e. The van der Waals surface area contributed by atoms with Crippen molar-refractivity contribution in [2.45, 2.75) is 13.0 Å². The summed E-state index contributed by atoms with van der Waals surface area (Å²) in [6.45, 7) is 1.80. The highest BCUT2D eigenvalue weighted by Crippen LogP contribution is 2.45. The number of benzene rings is 2. The van der Waals surface area contributed by atoms with Crippen LogP contribution in [0.2, 0.25) is 0 Å². The lowest BCUT2D eigenvalue weighted by atomic mass is 10.0. The summed E-state index contributed by atoms with van der Waals surface area (Å²) in [6, 6.07) is 15.4. The van der Waals surface area contributed by atoms with Gasteiger partial charge in [0.05, 0.1) is 17.3 Å². The molecule has 3 heterocycles.